The molecule has 2 unspecified atom stereocenters. The maximum absolute atomic E-state index is 4.29. The lowest BCUT2D eigenvalue weighted by molar-refractivity contribution is 0.640. The van der Waals surface area contributed by atoms with Gasteiger partial charge in [0.25, 0.3) is 0 Å². The van der Waals surface area contributed by atoms with Crippen LogP contribution in [0.3, 0.4) is 0 Å². The van der Waals surface area contributed by atoms with Crippen molar-refractivity contribution in [3.05, 3.63) is 23.8 Å². The van der Waals surface area contributed by atoms with E-state index in [1.807, 2.05) is 6.92 Å². The Labute approximate surface area is 87.9 Å². The summed E-state index contributed by atoms with van der Waals surface area (Å²) in [7, 11) is 0. The van der Waals surface area contributed by atoms with Gasteiger partial charge >= 0.3 is 0 Å². The Morgan fingerprint density at radius 1 is 1.46 bits per heavy atom. The molecule has 0 saturated heterocycles. The molecule has 1 aromatic heterocycles. The minimum atomic E-state index is 0.465. The summed E-state index contributed by atoms with van der Waals surface area (Å²) in [6, 6.07) is 2.06. The Hall–Kier alpha value is -0.440. The molecule has 0 amide bonds. The summed E-state index contributed by atoms with van der Waals surface area (Å²) in [4.78, 5) is 8.84. The van der Waals surface area contributed by atoms with Gasteiger partial charge in [-0.1, -0.05) is 29.8 Å². The zero-order chi connectivity index (χ0) is 9.84. The molecule has 1 aromatic rings. The maximum atomic E-state index is 4.29. The third kappa shape index (κ3) is 2.76. The molecular formula is C10H15BrN2. The fourth-order valence-electron chi connectivity index (χ4n) is 1.45. The molecule has 0 radical (unpaired) electrons. The summed E-state index contributed by atoms with van der Waals surface area (Å²) in [6.45, 7) is 6.34. The van der Waals surface area contributed by atoms with E-state index in [9.17, 15) is 0 Å². The number of aryl methyl sites for hydroxylation is 1. The molecule has 0 aromatic carbocycles. The first kappa shape index (κ1) is 10.6. The highest BCUT2D eigenvalue weighted by Crippen LogP contribution is 2.26. The second kappa shape index (κ2) is 4.70. The first-order valence-corrected chi connectivity index (χ1v) is 5.49. The van der Waals surface area contributed by atoms with E-state index in [4.69, 9.17) is 0 Å². The van der Waals surface area contributed by atoms with Crippen molar-refractivity contribution < 1.29 is 0 Å². The van der Waals surface area contributed by atoms with Crippen LogP contribution in [0.5, 0.6) is 0 Å². The Bertz CT molecular complexity index is 273. The second-order valence-corrected chi connectivity index (χ2v) is 4.72. The topological polar surface area (TPSA) is 25.8 Å². The van der Waals surface area contributed by atoms with Crippen LogP contribution in [0.1, 0.15) is 37.6 Å². The molecule has 0 fully saturated rings. The number of halogens is 1. The second-order valence-electron chi connectivity index (χ2n) is 3.28. The van der Waals surface area contributed by atoms with E-state index in [0.717, 1.165) is 17.8 Å². The van der Waals surface area contributed by atoms with Crippen molar-refractivity contribution in [1.82, 2.24) is 9.97 Å². The van der Waals surface area contributed by atoms with Gasteiger partial charge in [-0.3, -0.25) is 0 Å². The van der Waals surface area contributed by atoms with Crippen LogP contribution in [0.25, 0.3) is 0 Å². The predicted molar refractivity (Wildman–Crippen MR) is 58.2 cm³/mol. The highest BCUT2D eigenvalue weighted by Gasteiger charge is 2.16. The number of rotatable bonds is 3. The van der Waals surface area contributed by atoms with Gasteiger partial charge in [-0.15, -0.1) is 0 Å². The number of hydrogen-bond acceptors (Lipinski definition) is 2. The molecule has 0 spiro atoms. The van der Waals surface area contributed by atoms with Crippen molar-refractivity contribution in [2.24, 2.45) is 0 Å². The Morgan fingerprint density at radius 2 is 2.15 bits per heavy atom. The Kier molecular flexibility index (Phi) is 3.85. The van der Waals surface area contributed by atoms with Crippen LogP contribution in [0, 0.1) is 6.92 Å². The van der Waals surface area contributed by atoms with Crippen LogP contribution in [0.4, 0.5) is 0 Å². The Morgan fingerprint density at radius 3 is 2.62 bits per heavy atom. The fourth-order valence-corrected chi connectivity index (χ4v) is 2.09. The van der Waals surface area contributed by atoms with Crippen molar-refractivity contribution in [1.29, 1.82) is 0 Å². The summed E-state index contributed by atoms with van der Waals surface area (Å²) in [5, 5.41) is 0. The smallest absolute Gasteiger partial charge is 0.115 e. The van der Waals surface area contributed by atoms with Crippen molar-refractivity contribution >= 4 is 15.9 Å². The maximum Gasteiger partial charge on any atom is 0.115 e. The van der Waals surface area contributed by atoms with Crippen molar-refractivity contribution in [2.45, 2.75) is 37.9 Å². The standard InChI is InChI=1S/C10H15BrN2/c1-4-9(8(3)11)10-5-7(2)12-6-13-10/h5-6,8-9H,4H2,1-3H3. The molecular weight excluding hydrogens is 228 g/mol. The molecule has 0 aliphatic heterocycles. The van der Waals surface area contributed by atoms with E-state index >= 15 is 0 Å². The van der Waals surface area contributed by atoms with Gasteiger partial charge in [0, 0.05) is 22.1 Å². The van der Waals surface area contributed by atoms with Gasteiger partial charge in [0.2, 0.25) is 0 Å². The van der Waals surface area contributed by atoms with Gasteiger partial charge in [0.05, 0.1) is 0 Å². The average Bonchev–Trinajstić information content (AvgIpc) is 2.04. The molecule has 2 atom stereocenters. The van der Waals surface area contributed by atoms with Crippen LogP contribution in [0.15, 0.2) is 12.4 Å². The normalized spacial score (nSPS) is 15.4. The quantitative estimate of drug-likeness (QED) is 0.762. The summed E-state index contributed by atoms with van der Waals surface area (Å²) in [5.74, 6) is 0.488. The zero-order valence-electron chi connectivity index (χ0n) is 8.29. The van der Waals surface area contributed by atoms with Crippen LogP contribution < -0.4 is 0 Å². The van der Waals surface area contributed by atoms with E-state index < -0.39 is 0 Å². The number of hydrogen-bond donors (Lipinski definition) is 0. The lowest BCUT2D eigenvalue weighted by Gasteiger charge is -2.16. The molecule has 3 heteroatoms. The first-order valence-electron chi connectivity index (χ1n) is 4.57. The van der Waals surface area contributed by atoms with Crippen LogP contribution in [-0.4, -0.2) is 14.8 Å². The highest BCUT2D eigenvalue weighted by atomic mass is 79.9. The zero-order valence-corrected chi connectivity index (χ0v) is 9.87. The lowest BCUT2D eigenvalue weighted by atomic mass is 9.99. The molecule has 0 N–H and O–H groups in total. The number of aromatic nitrogens is 2. The third-order valence-electron chi connectivity index (χ3n) is 2.20. The van der Waals surface area contributed by atoms with Crippen LogP contribution >= 0.6 is 15.9 Å². The minimum Gasteiger partial charge on any atom is -0.242 e. The van der Waals surface area contributed by atoms with Crippen molar-refractivity contribution in [2.75, 3.05) is 0 Å². The monoisotopic (exact) mass is 242 g/mol. The predicted octanol–water partition coefficient (Wildman–Crippen LogP) is 3.06. The molecule has 0 saturated carbocycles. The van der Waals surface area contributed by atoms with E-state index in [1.165, 1.54) is 0 Å². The van der Waals surface area contributed by atoms with E-state index in [-0.39, 0.29) is 0 Å². The summed E-state index contributed by atoms with van der Waals surface area (Å²) in [6.07, 6.45) is 2.74. The lowest BCUT2D eigenvalue weighted by Crippen LogP contribution is -2.10. The molecule has 13 heavy (non-hydrogen) atoms. The van der Waals surface area contributed by atoms with Crippen LogP contribution in [-0.2, 0) is 0 Å². The SMILES string of the molecule is CCC(c1cc(C)ncn1)C(C)Br. The van der Waals surface area contributed by atoms with Crippen LogP contribution in [0.2, 0.25) is 0 Å². The van der Waals surface area contributed by atoms with Gasteiger partial charge < -0.3 is 0 Å². The van der Waals surface area contributed by atoms with Crippen molar-refractivity contribution in [3.63, 3.8) is 0 Å². The molecule has 1 heterocycles. The number of alkyl halides is 1. The molecule has 0 aliphatic rings. The molecule has 0 bridgehead atoms. The molecule has 72 valence electrons. The molecule has 2 nitrogen and oxygen atoms in total. The first-order chi connectivity index (χ1) is 6.15. The van der Waals surface area contributed by atoms with E-state index in [0.29, 0.717) is 10.7 Å². The van der Waals surface area contributed by atoms with Crippen molar-refractivity contribution in [3.8, 4) is 0 Å². The minimum absolute atomic E-state index is 0.465. The highest BCUT2D eigenvalue weighted by molar-refractivity contribution is 9.09. The number of nitrogens with zero attached hydrogens (tertiary/aromatic N) is 2. The van der Waals surface area contributed by atoms with E-state index in [1.54, 1.807) is 6.33 Å². The van der Waals surface area contributed by atoms with E-state index in [2.05, 4.69) is 45.8 Å². The molecule has 0 aliphatic carbocycles. The fraction of sp³-hybridized carbons (Fsp3) is 0.600. The Balaban J connectivity index is 2.91. The summed E-state index contributed by atoms with van der Waals surface area (Å²) >= 11 is 3.60. The summed E-state index contributed by atoms with van der Waals surface area (Å²) in [5.41, 5.74) is 2.18. The van der Waals surface area contributed by atoms with Gasteiger partial charge in [-0.2, -0.15) is 0 Å². The van der Waals surface area contributed by atoms with Gasteiger partial charge in [0.1, 0.15) is 6.33 Å². The molecule has 1 rings (SSSR count). The third-order valence-corrected chi connectivity index (χ3v) is 2.84. The average molecular weight is 243 g/mol. The van der Waals surface area contributed by atoms with Gasteiger partial charge in [-0.05, 0) is 19.4 Å². The van der Waals surface area contributed by atoms with Gasteiger partial charge in [0.15, 0.2) is 0 Å². The van der Waals surface area contributed by atoms with Gasteiger partial charge in [-0.25, -0.2) is 9.97 Å². The summed E-state index contributed by atoms with van der Waals surface area (Å²) < 4.78 is 0. The largest absolute Gasteiger partial charge is 0.242 e.